The van der Waals surface area contributed by atoms with Crippen LogP contribution in [0.1, 0.15) is 29.8 Å². The molecule has 104 valence electrons. The van der Waals surface area contributed by atoms with Gasteiger partial charge in [0.25, 0.3) is 5.91 Å². The predicted octanol–water partition coefficient (Wildman–Crippen LogP) is 0.936. The molecule has 1 aromatic rings. The van der Waals surface area contributed by atoms with Gasteiger partial charge in [0, 0.05) is 23.8 Å². The Kier molecular flexibility index (Phi) is 5.81. The first-order chi connectivity index (χ1) is 9.08. The lowest BCUT2D eigenvalue weighted by Gasteiger charge is -2.13. The summed E-state index contributed by atoms with van der Waals surface area (Å²) >= 11 is 0. The maximum absolute atomic E-state index is 11.9. The summed E-state index contributed by atoms with van der Waals surface area (Å²) in [6.07, 6.45) is 0. The summed E-state index contributed by atoms with van der Waals surface area (Å²) < 4.78 is 5.22. The van der Waals surface area contributed by atoms with Crippen molar-refractivity contribution in [3.05, 3.63) is 35.4 Å². The molecule has 0 fully saturated rings. The molecular weight excluding hydrogens is 246 g/mol. The molecule has 0 aliphatic carbocycles. The summed E-state index contributed by atoms with van der Waals surface area (Å²) in [4.78, 5) is 11.9. The van der Waals surface area contributed by atoms with E-state index in [0.29, 0.717) is 24.3 Å². The number of carbonyl (C=O) groups is 1. The maximum Gasteiger partial charge on any atom is 0.251 e. The van der Waals surface area contributed by atoms with Gasteiger partial charge in [0.1, 0.15) is 0 Å². The SMILES string of the molecule is CCOCC(C)NC(=O)c1ccc(C(N)=NO)cc1. The molecule has 1 rings (SSSR count). The largest absolute Gasteiger partial charge is 0.409 e. The number of nitrogens with one attached hydrogen (secondary N) is 1. The first kappa shape index (κ1) is 15.0. The summed E-state index contributed by atoms with van der Waals surface area (Å²) in [5, 5.41) is 14.2. The second-order valence-corrected chi connectivity index (χ2v) is 4.10. The number of nitrogens with two attached hydrogens (primary N) is 1. The van der Waals surface area contributed by atoms with Crippen molar-refractivity contribution in [2.24, 2.45) is 10.9 Å². The van der Waals surface area contributed by atoms with Gasteiger partial charge in [-0.3, -0.25) is 4.79 Å². The zero-order valence-electron chi connectivity index (χ0n) is 11.1. The lowest BCUT2D eigenvalue weighted by atomic mass is 10.1. The molecule has 6 heteroatoms. The minimum Gasteiger partial charge on any atom is -0.409 e. The molecule has 0 bridgehead atoms. The Morgan fingerprint density at radius 1 is 1.42 bits per heavy atom. The Bertz CT molecular complexity index is 443. The molecule has 1 aromatic carbocycles. The van der Waals surface area contributed by atoms with E-state index in [1.807, 2.05) is 13.8 Å². The zero-order chi connectivity index (χ0) is 14.3. The first-order valence-corrected chi connectivity index (χ1v) is 6.05. The molecular formula is C13H19N3O3. The molecule has 4 N–H and O–H groups in total. The molecule has 0 saturated carbocycles. The topological polar surface area (TPSA) is 96.9 Å². The Balaban J connectivity index is 2.63. The van der Waals surface area contributed by atoms with Gasteiger partial charge in [-0.15, -0.1) is 0 Å². The highest BCUT2D eigenvalue weighted by atomic mass is 16.5. The van der Waals surface area contributed by atoms with Crippen molar-refractivity contribution in [1.29, 1.82) is 0 Å². The molecule has 1 unspecified atom stereocenters. The van der Waals surface area contributed by atoms with Gasteiger partial charge in [-0.05, 0) is 26.0 Å². The number of ether oxygens (including phenoxy) is 1. The number of nitrogens with zero attached hydrogens (tertiary/aromatic N) is 1. The highest BCUT2D eigenvalue weighted by molar-refractivity contribution is 5.99. The fraction of sp³-hybridized carbons (Fsp3) is 0.385. The highest BCUT2D eigenvalue weighted by Gasteiger charge is 2.10. The van der Waals surface area contributed by atoms with E-state index in [1.54, 1.807) is 24.3 Å². The first-order valence-electron chi connectivity index (χ1n) is 6.05. The van der Waals surface area contributed by atoms with Crippen LogP contribution in [-0.2, 0) is 4.74 Å². The molecule has 0 aromatic heterocycles. The number of hydrogen-bond acceptors (Lipinski definition) is 4. The summed E-state index contributed by atoms with van der Waals surface area (Å²) in [7, 11) is 0. The standard InChI is InChI=1S/C13H19N3O3/c1-3-19-8-9(2)15-13(17)11-6-4-10(5-7-11)12(14)16-18/h4-7,9,18H,3,8H2,1-2H3,(H2,14,16)(H,15,17). The molecule has 0 spiro atoms. The monoisotopic (exact) mass is 265 g/mol. The van der Waals surface area contributed by atoms with Crippen LogP contribution in [-0.4, -0.2) is 36.2 Å². The van der Waals surface area contributed by atoms with E-state index in [9.17, 15) is 4.79 Å². The number of amidine groups is 1. The minimum absolute atomic E-state index is 0.0108. The van der Waals surface area contributed by atoms with Crippen molar-refractivity contribution >= 4 is 11.7 Å². The lowest BCUT2D eigenvalue weighted by molar-refractivity contribution is 0.0872. The normalized spacial score (nSPS) is 13.1. The third-order valence-electron chi connectivity index (χ3n) is 2.50. The number of hydrogen-bond donors (Lipinski definition) is 3. The Morgan fingerprint density at radius 3 is 2.53 bits per heavy atom. The van der Waals surface area contributed by atoms with Crippen molar-refractivity contribution in [3.8, 4) is 0 Å². The average Bonchev–Trinajstić information content (AvgIpc) is 2.44. The maximum atomic E-state index is 11.9. The third-order valence-corrected chi connectivity index (χ3v) is 2.50. The number of benzene rings is 1. The summed E-state index contributed by atoms with van der Waals surface area (Å²) in [6, 6.07) is 6.43. The molecule has 19 heavy (non-hydrogen) atoms. The van der Waals surface area contributed by atoms with Crippen LogP contribution in [0.4, 0.5) is 0 Å². The van der Waals surface area contributed by atoms with Crippen molar-refractivity contribution in [1.82, 2.24) is 5.32 Å². The van der Waals surface area contributed by atoms with Crippen LogP contribution in [0, 0.1) is 0 Å². The number of rotatable bonds is 6. The van der Waals surface area contributed by atoms with Gasteiger partial charge in [-0.25, -0.2) is 0 Å². The van der Waals surface area contributed by atoms with Gasteiger partial charge in [0.15, 0.2) is 5.84 Å². The van der Waals surface area contributed by atoms with E-state index in [2.05, 4.69) is 10.5 Å². The summed E-state index contributed by atoms with van der Waals surface area (Å²) in [6.45, 7) is 4.87. The molecule has 1 atom stereocenters. The predicted molar refractivity (Wildman–Crippen MR) is 72.4 cm³/mol. The van der Waals surface area contributed by atoms with Crippen molar-refractivity contribution in [2.45, 2.75) is 19.9 Å². The minimum atomic E-state index is -0.182. The quantitative estimate of drug-likeness (QED) is 0.308. The fourth-order valence-corrected chi connectivity index (χ4v) is 1.49. The highest BCUT2D eigenvalue weighted by Crippen LogP contribution is 2.04. The van der Waals surface area contributed by atoms with Gasteiger partial charge in [-0.2, -0.15) is 0 Å². The summed E-state index contributed by atoms with van der Waals surface area (Å²) in [5.74, 6) is -0.171. The molecule has 0 aliphatic rings. The Morgan fingerprint density at radius 2 is 2.00 bits per heavy atom. The molecule has 0 radical (unpaired) electrons. The summed E-state index contributed by atoms with van der Waals surface area (Å²) in [5.41, 5.74) is 6.51. The van der Waals surface area contributed by atoms with Gasteiger partial charge < -0.3 is 21.0 Å². The average molecular weight is 265 g/mol. The van der Waals surface area contributed by atoms with Crippen LogP contribution in [0.3, 0.4) is 0 Å². The molecule has 6 nitrogen and oxygen atoms in total. The van der Waals surface area contributed by atoms with Crippen molar-refractivity contribution in [3.63, 3.8) is 0 Å². The fourth-order valence-electron chi connectivity index (χ4n) is 1.49. The van der Waals surface area contributed by atoms with Crippen LogP contribution >= 0.6 is 0 Å². The van der Waals surface area contributed by atoms with Crippen LogP contribution in [0.25, 0.3) is 0 Å². The number of carbonyl (C=O) groups excluding carboxylic acids is 1. The molecule has 1 amide bonds. The van der Waals surface area contributed by atoms with Crippen molar-refractivity contribution < 1.29 is 14.7 Å². The van der Waals surface area contributed by atoms with E-state index in [0.717, 1.165) is 0 Å². The Hall–Kier alpha value is -2.08. The van der Waals surface area contributed by atoms with E-state index >= 15 is 0 Å². The zero-order valence-corrected chi connectivity index (χ0v) is 11.1. The molecule has 0 aliphatic heterocycles. The number of oxime groups is 1. The van der Waals surface area contributed by atoms with Gasteiger partial charge in [0.2, 0.25) is 0 Å². The second-order valence-electron chi connectivity index (χ2n) is 4.10. The van der Waals surface area contributed by atoms with Crippen LogP contribution < -0.4 is 11.1 Å². The van der Waals surface area contributed by atoms with E-state index in [1.165, 1.54) is 0 Å². The second kappa shape index (κ2) is 7.38. The van der Waals surface area contributed by atoms with Crippen LogP contribution in [0.5, 0.6) is 0 Å². The van der Waals surface area contributed by atoms with E-state index in [-0.39, 0.29) is 17.8 Å². The third kappa shape index (κ3) is 4.59. The van der Waals surface area contributed by atoms with Gasteiger partial charge in [-0.1, -0.05) is 17.3 Å². The van der Waals surface area contributed by atoms with Crippen LogP contribution in [0.2, 0.25) is 0 Å². The van der Waals surface area contributed by atoms with Crippen molar-refractivity contribution in [2.75, 3.05) is 13.2 Å². The van der Waals surface area contributed by atoms with E-state index in [4.69, 9.17) is 15.7 Å². The van der Waals surface area contributed by atoms with Crippen LogP contribution in [0.15, 0.2) is 29.4 Å². The molecule has 0 saturated heterocycles. The molecule has 0 heterocycles. The Labute approximate surface area is 112 Å². The lowest BCUT2D eigenvalue weighted by Crippen LogP contribution is -2.35. The van der Waals surface area contributed by atoms with Gasteiger partial charge in [0.05, 0.1) is 6.61 Å². The smallest absolute Gasteiger partial charge is 0.251 e. The van der Waals surface area contributed by atoms with Gasteiger partial charge >= 0.3 is 0 Å². The van der Waals surface area contributed by atoms with E-state index < -0.39 is 0 Å². The number of amides is 1.